The summed E-state index contributed by atoms with van der Waals surface area (Å²) in [5.41, 5.74) is 4.41. The predicted molar refractivity (Wildman–Crippen MR) is 121 cm³/mol. The summed E-state index contributed by atoms with van der Waals surface area (Å²) >= 11 is 3.36. The Morgan fingerprint density at radius 3 is 2.52 bits per heavy atom. The van der Waals surface area contributed by atoms with Crippen LogP contribution in [0.4, 0.5) is 5.13 Å². The normalized spacial score (nSPS) is 16.1. The molecule has 2 aromatic heterocycles. The van der Waals surface area contributed by atoms with Crippen molar-refractivity contribution in [3.05, 3.63) is 87.9 Å². The van der Waals surface area contributed by atoms with E-state index in [1.807, 2.05) is 24.3 Å². The molecule has 1 aliphatic rings. The zero-order valence-corrected chi connectivity index (χ0v) is 17.5. The van der Waals surface area contributed by atoms with Gasteiger partial charge in [-0.2, -0.15) is 5.10 Å². The van der Waals surface area contributed by atoms with Crippen molar-refractivity contribution in [2.24, 2.45) is 5.10 Å². The van der Waals surface area contributed by atoms with Gasteiger partial charge in [0.2, 0.25) is 5.13 Å². The fourth-order valence-corrected chi connectivity index (χ4v) is 5.03. The van der Waals surface area contributed by atoms with Gasteiger partial charge in [-0.15, -0.1) is 22.7 Å². The molecule has 0 N–H and O–H groups in total. The van der Waals surface area contributed by atoms with Crippen LogP contribution in [0, 0.1) is 0 Å². The van der Waals surface area contributed by atoms with Crippen LogP contribution >= 0.6 is 22.7 Å². The average Bonchev–Trinajstić information content (AvgIpc) is 3.54. The molecular formula is C23H19N3OS2. The van der Waals surface area contributed by atoms with Crippen molar-refractivity contribution in [3.8, 4) is 17.0 Å². The second kappa shape index (κ2) is 7.81. The highest BCUT2D eigenvalue weighted by molar-refractivity contribution is 7.14. The number of hydrogen-bond acceptors (Lipinski definition) is 6. The van der Waals surface area contributed by atoms with E-state index in [1.54, 1.807) is 29.8 Å². The van der Waals surface area contributed by atoms with Gasteiger partial charge in [0.05, 0.1) is 29.4 Å². The summed E-state index contributed by atoms with van der Waals surface area (Å²) in [6, 6.07) is 22.9. The fraction of sp³-hybridized carbons (Fsp3) is 0.130. The van der Waals surface area contributed by atoms with E-state index in [1.165, 1.54) is 10.4 Å². The van der Waals surface area contributed by atoms with Crippen molar-refractivity contribution >= 4 is 33.5 Å². The zero-order valence-electron chi connectivity index (χ0n) is 15.9. The van der Waals surface area contributed by atoms with Crippen LogP contribution in [0.15, 0.2) is 82.6 Å². The number of hydrazone groups is 1. The number of anilines is 1. The third-order valence-corrected chi connectivity index (χ3v) is 6.72. The number of ether oxygens (including phenoxy) is 1. The Morgan fingerprint density at radius 1 is 0.966 bits per heavy atom. The largest absolute Gasteiger partial charge is 0.497 e. The lowest BCUT2D eigenvalue weighted by atomic mass is 10.0. The van der Waals surface area contributed by atoms with Gasteiger partial charge in [-0.3, -0.25) is 0 Å². The number of benzene rings is 2. The van der Waals surface area contributed by atoms with Crippen LogP contribution in [-0.4, -0.2) is 17.8 Å². The maximum absolute atomic E-state index is 5.26. The van der Waals surface area contributed by atoms with Gasteiger partial charge < -0.3 is 4.74 Å². The summed E-state index contributed by atoms with van der Waals surface area (Å²) in [4.78, 5) is 6.13. The summed E-state index contributed by atoms with van der Waals surface area (Å²) in [5, 5.41) is 12.2. The maximum atomic E-state index is 5.26. The Hall–Kier alpha value is -2.96. The molecule has 29 heavy (non-hydrogen) atoms. The highest BCUT2D eigenvalue weighted by Gasteiger charge is 2.32. The molecular weight excluding hydrogens is 398 g/mol. The van der Waals surface area contributed by atoms with Gasteiger partial charge in [-0.1, -0.05) is 36.4 Å². The molecule has 0 unspecified atom stereocenters. The molecule has 0 spiro atoms. The first kappa shape index (κ1) is 18.1. The first-order chi connectivity index (χ1) is 14.3. The lowest BCUT2D eigenvalue weighted by molar-refractivity contribution is 0.415. The monoisotopic (exact) mass is 417 g/mol. The van der Waals surface area contributed by atoms with E-state index in [4.69, 9.17) is 14.8 Å². The van der Waals surface area contributed by atoms with Gasteiger partial charge in [-0.05, 0) is 41.3 Å². The van der Waals surface area contributed by atoms with E-state index in [-0.39, 0.29) is 6.04 Å². The summed E-state index contributed by atoms with van der Waals surface area (Å²) in [5.74, 6) is 0.845. The lowest BCUT2D eigenvalue weighted by Crippen LogP contribution is -2.18. The Labute approximate surface area is 177 Å². The van der Waals surface area contributed by atoms with Crippen LogP contribution in [0.5, 0.6) is 5.75 Å². The van der Waals surface area contributed by atoms with Crippen LogP contribution in [0.3, 0.4) is 0 Å². The highest BCUT2D eigenvalue weighted by atomic mass is 32.1. The van der Waals surface area contributed by atoms with E-state index >= 15 is 0 Å². The van der Waals surface area contributed by atoms with Gasteiger partial charge >= 0.3 is 0 Å². The zero-order chi connectivity index (χ0) is 19.6. The number of methoxy groups -OCH3 is 1. The number of aromatic nitrogens is 1. The number of nitrogens with zero attached hydrogens (tertiary/aromatic N) is 3. The minimum atomic E-state index is 0.156. The van der Waals surface area contributed by atoms with Gasteiger partial charge in [0.15, 0.2) is 0 Å². The molecule has 0 bridgehead atoms. The Morgan fingerprint density at radius 2 is 1.79 bits per heavy atom. The second-order valence-corrected chi connectivity index (χ2v) is 8.53. The molecule has 1 aliphatic heterocycles. The summed E-state index contributed by atoms with van der Waals surface area (Å²) in [6.45, 7) is 0. The van der Waals surface area contributed by atoms with Gasteiger partial charge in [0.25, 0.3) is 0 Å². The maximum Gasteiger partial charge on any atom is 0.207 e. The molecule has 6 heteroatoms. The molecule has 5 rings (SSSR count). The minimum absolute atomic E-state index is 0.156. The van der Waals surface area contributed by atoms with Crippen LogP contribution in [0.1, 0.15) is 22.9 Å². The topological polar surface area (TPSA) is 37.7 Å². The standard InChI is InChI=1S/C23H19N3OS2/c1-27-18-11-9-16(10-12-18)20-15-29-23(24-20)26-21(17-6-3-2-4-7-17)14-19(25-26)22-8-5-13-28-22/h2-13,15,21H,14H2,1H3/t21-/m0/s1. The van der Waals surface area contributed by atoms with Crippen molar-refractivity contribution in [2.45, 2.75) is 12.5 Å². The predicted octanol–water partition coefficient (Wildman–Crippen LogP) is 6.24. The fourth-order valence-electron chi connectivity index (χ4n) is 3.48. The quantitative estimate of drug-likeness (QED) is 0.386. The molecule has 0 radical (unpaired) electrons. The summed E-state index contributed by atoms with van der Waals surface area (Å²) in [7, 11) is 1.68. The van der Waals surface area contributed by atoms with Crippen molar-refractivity contribution in [1.29, 1.82) is 0 Å². The Bertz CT molecular complexity index is 1120. The van der Waals surface area contributed by atoms with Crippen molar-refractivity contribution in [3.63, 3.8) is 0 Å². The van der Waals surface area contributed by atoms with Crippen molar-refractivity contribution < 1.29 is 4.74 Å². The average molecular weight is 418 g/mol. The van der Waals surface area contributed by atoms with Crippen LogP contribution in [0.25, 0.3) is 11.3 Å². The third-order valence-electron chi connectivity index (χ3n) is 4.97. The molecule has 2 aromatic carbocycles. The van der Waals surface area contributed by atoms with E-state index in [2.05, 4.69) is 58.2 Å². The second-order valence-electron chi connectivity index (χ2n) is 6.74. The third kappa shape index (κ3) is 3.57. The lowest BCUT2D eigenvalue weighted by Gasteiger charge is -2.21. The van der Waals surface area contributed by atoms with E-state index in [9.17, 15) is 0 Å². The van der Waals surface area contributed by atoms with Gasteiger partial charge in [0, 0.05) is 17.4 Å². The summed E-state index contributed by atoms with van der Waals surface area (Å²) in [6.07, 6.45) is 0.877. The molecule has 4 nitrogen and oxygen atoms in total. The van der Waals surface area contributed by atoms with Gasteiger partial charge in [0.1, 0.15) is 5.75 Å². The van der Waals surface area contributed by atoms with Crippen molar-refractivity contribution in [2.75, 3.05) is 12.1 Å². The minimum Gasteiger partial charge on any atom is -0.497 e. The van der Waals surface area contributed by atoms with E-state index in [0.717, 1.165) is 34.3 Å². The molecule has 0 amide bonds. The first-order valence-electron chi connectivity index (χ1n) is 9.37. The molecule has 3 heterocycles. The molecule has 0 aliphatic carbocycles. The number of thiazole rings is 1. The molecule has 4 aromatic rings. The van der Waals surface area contributed by atoms with Crippen molar-refractivity contribution in [1.82, 2.24) is 4.98 Å². The number of hydrogen-bond donors (Lipinski definition) is 0. The molecule has 0 saturated heterocycles. The summed E-state index contributed by atoms with van der Waals surface area (Å²) < 4.78 is 5.26. The highest BCUT2D eigenvalue weighted by Crippen LogP contribution is 2.39. The van der Waals surface area contributed by atoms with E-state index in [0.29, 0.717) is 0 Å². The smallest absolute Gasteiger partial charge is 0.207 e. The first-order valence-corrected chi connectivity index (χ1v) is 11.1. The Kier molecular flexibility index (Phi) is 4.87. The Balaban J connectivity index is 1.50. The molecule has 0 fully saturated rings. The SMILES string of the molecule is COc1ccc(-c2csc(N3N=C(c4cccs4)C[C@H]3c3ccccc3)n2)cc1. The van der Waals surface area contributed by atoms with Crippen LogP contribution < -0.4 is 9.75 Å². The molecule has 0 saturated carbocycles. The van der Waals surface area contributed by atoms with Crippen LogP contribution in [0.2, 0.25) is 0 Å². The van der Waals surface area contributed by atoms with Crippen LogP contribution in [-0.2, 0) is 0 Å². The van der Waals surface area contributed by atoms with Gasteiger partial charge in [-0.25, -0.2) is 9.99 Å². The van der Waals surface area contributed by atoms with E-state index < -0.39 is 0 Å². The number of thiophene rings is 1. The molecule has 1 atom stereocenters. The number of rotatable bonds is 5. The molecule has 144 valence electrons.